The van der Waals surface area contributed by atoms with E-state index in [9.17, 15) is 9.59 Å². The molecule has 6 nitrogen and oxygen atoms in total. The van der Waals surface area contributed by atoms with Crippen LogP contribution < -0.4 is 0 Å². The van der Waals surface area contributed by atoms with Crippen LogP contribution in [0.25, 0.3) is 5.69 Å². The van der Waals surface area contributed by atoms with E-state index in [0.717, 1.165) is 0 Å². The molecule has 0 saturated carbocycles. The maximum atomic E-state index is 11.6. The topological polar surface area (TPSA) is 70.4 Å². The largest absolute Gasteiger partial charge is 0.465 e. The standard InChI is InChI=1S/C13H12N2O4/c1-18-12(16)9-5-3-4-6-11(9)15-8-7-10(14-15)13(17)19-2/h3-8H,1-2H3. The number of aromatic nitrogens is 2. The molecule has 0 aliphatic carbocycles. The highest BCUT2D eigenvalue weighted by Gasteiger charge is 2.15. The smallest absolute Gasteiger partial charge is 0.358 e. The van der Waals surface area contributed by atoms with Gasteiger partial charge in [-0.1, -0.05) is 12.1 Å². The summed E-state index contributed by atoms with van der Waals surface area (Å²) in [5.41, 5.74) is 1.07. The summed E-state index contributed by atoms with van der Waals surface area (Å²) in [5.74, 6) is -1.000. The average molecular weight is 260 g/mol. The summed E-state index contributed by atoms with van der Waals surface area (Å²) in [6, 6.07) is 8.34. The Kier molecular flexibility index (Phi) is 3.61. The van der Waals surface area contributed by atoms with E-state index in [-0.39, 0.29) is 5.69 Å². The Bertz CT molecular complexity index is 619. The van der Waals surface area contributed by atoms with Crippen LogP contribution in [0.2, 0.25) is 0 Å². The van der Waals surface area contributed by atoms with Crippen molar-refractivity contribution in [1.29, 1.82) is 0 Å². The van der Waals surface area contributed by atoms with Crippen molar-refractivity contribution in [3.8, 4) is 5.69 Å². The lowest BCUT2D eigenvalue weighted by Gasteiger charge is -2.07. The second kappa shape index (κ2) is 5.34. The molecule has 19 heavy (non-hydrogen) atoms. The van der Waals surface area contributed by atoms with Gasteiger partial charge in [-0.3, -0.25) is 0 Å². The number of hydrogen-bond acceptors (Lipinski definition) is 5. The molecule has 0 N–H and O–H groups in total. The van der Waals surface area contributed by atoms with E-state index in [1.807, 2.05) is 0 Å². The highest BCUT2D eigenvalue weighted by atomic mass is 16.5. The molecule has 0 saturated heterocycles. The number of carbonyl (C=O) groups is 2. The van der Waals surface area contributed by atoms with Crippen LogP contribution in [0.3, 0.4) is 0 Å². The van der Waals surface area contributed by atoms with E-state index in [0.29, 0.717) is 11.3 Å². The lowest BCUT2D eigenvalue weighted by atomic mass is 10.2. The van der Waals surface area contributed by atoms with Crippen LogP contribution in [0.5, 0.6) is 0 Å². The Morgan fingerprint density at radius 2 is 1.74 bits per heavy atom. The van der Waals surface area contributed by atoms with Gasteiger partial charge in [0.25, 0.3) is 0 Å². The van der Waals surface area contributed by atoms with E-state index < -0.39 is 11.9 Å². The first-order chi connectivity index (χ1) is 9.17. The van der Waals surface area contributed by atoms with Crippen molar-refractivity contribution in [2.24, 2.45) is 0 Å². The van der Waals surface area contributed by atoms with Crippen LogP contribution in [0.15, 0.2) is 36.5 Å². The Labute approximate surface area is 109 Å². The van der Waals surface area contributed by atoms with Gasteiger partial charge in [0.2, 0.25) is 0 Å². The minimum Gasteiger partial charge on any atom is -0.465 e. The highest BCUT2D eigenvalue weighted by molar-refractivity contribution is 5.93. The molecule has 0 aliphatic rings. The molecule has 0 spiro atoms. The summed E-state index contributed by atoms with van der Waals surface area (Å²) in [6.45, 7) is 0. The molecule has 0 aliphatic heterocycles. The molecule has 0 amide bonds. The van der Waals surface area contributed by atoms with Crippen LogP contribution in [-0.2, 0) is 9.47 Å². The first-order valence-corrected chi connectivity index (χ1v) is 5.49. The first-order valence-electron chi connectivity index (χ1n) is 5.49. The zero-order valence-corrected chi connectivity index (χ0v) is 10.5. The zero-order chi connectivity index (χ0) is 13.8. The quantitative estimate of drug-likeness (QED) is 0.781. The first kappa shape index (κ1) is 12.8. The second-order valence-corrected chi connectivity index (χ2v) is 3.65. The molecule has 1 aromatic heterocycles. The molecule has 0 radical (unpaired) electrons. The fraction of sp³-hybridized carbons (Fsp3) is 0.154. The molecule has 1 aromatic carbocycles. The molecule has 0 atom stereocenters. The summed E-state index contributed by atoms with van der Waals surface area (Å²) in [7, 11) is 2.59. The van der Waals surface area contributed by atoms with E-state index in [1.54, 1.807) is 30.5 Å². The minimum absolute atomic E-state index is 0.169. The number of ether oxygens (including phenoxy) is 2. The maximum Gasteiger partial charge on any atom is 0.358 e. The normalized spacial score (nSPS) is 10.0. The fourth-order valence-electron chi connectivity index (χ4n) is 1.63. The number of hydrogen-bond donors (Lipinski definition) is 0. The molecule has 98 valence electrons. The number of benzene rings is 1. The molecule has 0 unspecified atom stereocenters. The number of esters is 2. The van der Waals surface area contributed by atoms with E-state index in [1.165, 1.54) is 25.0 Å². The van der Waals surface area contributed by atoms with E-state index in [2.05, 4.69) is 9.84 Å². The van der Waals surface area contributed by atoms with Crippen LogP contribution in [0.1, 0.15) is 20.8 Å². The molecule has 1 heterocycles. The third-order valence-electron chi connectivity index (χ3n) is 2.54. The minimum atomic E-state index is -0.533. The summed E-state index contributed by atoms with van der Waals surface area (Å²) >= 11 is 0. The van der Waals surface area contributed by atoms with Crippen molar-refractivity contribution in [1.82, 2.24) is 9.78 Å². The second-order valence-electron chi connectivity index (χ2n) is 3.65. The molecule has 2 aromatic rings. The number of nitrogens with zero attached hydrogens (tertiary/aromatic N) is 2. The Hall–Kier alpha value is -2.63. The summed E-state index contributed by atoms with van der Waals surface area (Å²) in [4.78, 5) is 23.0. The molecule has 0 fully saturated rings. The van der Waals surface area contributed by atoms with Gasteiger partial charge >= 0.3 is 11.9 Å². The van der Waals surface area contributed by atoms with Gasteiger partial charge in [-0.15, -0.1) is 0 Å². The van der Waals surface area contributed by atoms with Gasteiger partial charge in [0.05, 0.1) is 25.5 Å². The number of carbonyl (C=O) groups excluding carboxylic acids is 2. The van der Waals surface area contributed by atoms with Gasteiger partial charge in [0.1, 0.15) is 0 Å². The van der Waals surface area contributed by atoms with Gasteiger partial charge in [0, 0.05) is 6.20 Å². The lowest BCUT2D eigenvalue weighted by Crippen LogP contribution is -2.09. The van der Waals surface area contributed by atoms with Crippen molar-refractivity contribution in [3.63, 3.8) is 0 Å². The van der Waals surface area contributed by atoms with Crippen molar-refractivity contribution in [3.05, 3.63) is 47.8 Å². The lowest BCUT2D eigenvalue weighted by molar-refractivity contribution is 0.0589. The van der Waals surface area contributed by atoms with Gasteiger partial charge in [-0.05, 0) is 18.2 Å². The fourth-order valence-corrected chi connectivity index (χ4v) is 1.63. The van der Waals surface area contributed by atoms with Gasteiger partial charge < -0.3 is 9.47 Å². The van der Waals surface area contributed by atoms with Crippen LogP contribution in [-0.4, -0.2) is 35.9 Å². The van der Waals surface area contributed by atoms with Gasteiger partial charge in [0.15, 0.2) is 5.69 Å². The van der Waals surface area contributed by atoms with E-state index in [4.69, 9.17) is 4.74 Å². The van der Waals surface area contributed by atoms with Gasteiger partial charge in [-0.2, -0.15) is 5.10 Å². The van der Waals surface area contributed by atoms with Crippen molar-refractivity contribution in [2.75, 3.05) is 14.2 Å². The zero-order valence-electron chi connectivity index (χ0n) is 10.5. The van der Waals surface area contributed by atoms with Crippen molar-refractivity contribution < 1.29 is 19.1 Å². The third kappa shape index (κ3) is 2.47. The highest BCUT2D eigenvalue weighted by Crippen LogP contribution is 2.15. The maximum absolute atomic E-state index is 11.6. The summed E-state index contributed by atoms with van der Waals surface area (Å²) in [5, 5.41) is 4.06. The van der Waals surface area contributed by atoms with Crippen LogP contribution >= 0.6 is 0 Å². The Balaban J connectivity index is 2.45. The summed E-state index contributed by atoms with van der Waals surface area (Å²) in [6.07, 6.45) is 1.58. The Morgan fingerprint density at radius 3 is 2.42 bits per heavy atom. The Morgan fingerprint density at radius 1 is 1.05 bits per heavy atom. The molecule has 6 heteroatoms. The molecular weight excluding hydrogens is 248 g/mol. The predicted molar refractivity (Wildman–Crippen MR) is 66.2 cm³/mol. The van der Waals surface area contributed by atoms with Crippen LogP contribution in [0.4, 0.5) is 0 Å². The average Bonchev–Trinajstić information content (AvgIpc) is 2.95. The molecule has 0 bridgehead atoms. The number of rotatable bonds is 3. The van der Waals surface area contributed by atoms with Crippen molar-refractivity contribution >= 4 is 11.9 Å². The van der Waals surface area contributed by atoms with E-state index >= 15 is 0 Å². The third-order valence-corrected chi connectivity index (χ3v) is 2.54. The van der Waals surface area contributed by atoms with Crippen molar-refractivity contribution in [2.45, 2.75) is 0 Å². The monoisotopic (exact) mass is 260 g/mol. The SMILES string of the molecule is COC(=O)c1ccn(-c2ccccc2C(=O)OC)n1. The number of methoxy groups -OCH3 is 2. The molecule has 2 rings (SSSR count). The predicted octanol–water partition coefficient (Wildman–Crippen LogP) is 1.45. The summed E-state index contributed by atoms with van der Waals surface area (Å²) < 4.78 is 10.7. The number of para-hydroxylation sites is 1. The molecular formula is C13H12N2O4. The van der Waals surface area contributed by atoms with Crippen LogP contribution in [0, 0.1) is 0 Å². The van der Waals surface area contributed by atoms with Gasteiger partial charge in [-0.25, -0.2) is 14.3 Å².